The number of nitrogens with zero attached hydrogens (tertiary/aromatic N) is 10. The fraction of sp³-hybridized carbons (Fsp3) is 0.633. The fourth-order valence-corrected chi connectivity index (χ4v) is 12.7. The number of H-pyrrole nitrogens is 2. The zero-order chi connectivity index (χ0) is 73.6. The van der Waals surface area contributed by atoms with Crippen molar-refractivity contribution in [2.75, 3.05) is 58.0 Å². The molecule has 5 aliphatic rings. The molecule has 558 valence electrons. The number of fused-ring (bicyclic) bond motifs is 3. The average Bonchev–Trinajstić information content (AvgIpc) is 1.61. The van der Waals surface area contributed by atoms with Crippen molar-refractivity contribution < 1.29 is 135 Å². The summed E-state index contributed by atoms with van der Waals surface area (Å²) in [5, 5.41) is 80.6. The molecule has 47 nitrogen and oxygen atoms in total. The van der Waals surface area contributed by atoms with Crippen molar-refractivity contribution in [2.45, 2.75) is 131 Å². The van der Waals surface area contributed by atoms with E-state index in [2.05, 4.69) is 53.3 Å². The molecule has 0 spiro atoms. The molecule has 21 N–H and O–H groups in total. The highest BCUT2D eigenvalue weighted by Crippen LogP contribution is 2.49. The molecule has 11 rings (SSSR count). The molecule has 2 unspecified atom stereocenters. The van der Waals surface area contributed by atoms with Crippen LogP contribution < -0.4 is 39.0 Å². The number of aromatic amines is 2. The summed E-state index contributed by atoms with van der Waals surface area (Å²) >= 11 is 0. The van der Waals surface area contributed by atoms with Crippen molar-refractivity contribution in [3.05, 3.63) is 97.0 Å². The lowest BCUT2D eigenvalue weighted by Crippen LogP contribution is -2.37. The number of aliphatic hydroxyl groups is 6. The Balaban J connectivity index is 0.000000171. The van der Waals surface area contributed by atoms with Gasteiger partial charge in [-0.3, -0.25) is 61.3 Å². The second kappa shape index (κ2) is 33.1. The highest BCUT2D eigenvalue weighted by molar-refractivity contribution is 7.47. The van der Waals surface area contributed by atoms with Gasteiger partial charge in [0.25, 0.3) is 11.1 Å². The highest BCUT2D eigenvalue weighted by Gasteiger charge is 2.55. The molecule has 3 aliphatic heterocycles. The van der Waals surface area contributed by atoms with Gasteiger partial charge in [-0.05, 0) is 46.1 Å². The van der Waals surface area contributed by atoms with E-state index in [1.807, 2.05) is 4.98 Å². The van der Waals surface area contributed by atoms with Gasteiger partial charge >= 0.3 is 42.7 Å². The number of phosphoric acid groups is 4. The number of phosphoric ester groups is 4. The van der Waals surface area contributed by atoms with Gasteiger partial charge < -0.3 is 110 Å². The molecule has 0 amide bonds. The summed E-state index contributed by atoms with van der Waals surface area (Å²) in [5.74, 6) is -1.52. The van der Waals surface area contributed by atoms with E-state index in [0.717, 1.165) is 29.8 Å². The maximum absolute atomic E-state index is 12.1. The Morgan fingerprint density at radius 2 is 1.06 bits per heavy atom. The van der Waals surface area contributed by atoms with Crippen molar-refractivity contribution in [3.8, 4) is 0 Å². The maximum Gasteiger partial charge on any atom is 0.469 e. The van der Waals surface area contributed by atoms with Crippen molar-refractivity contribution in [1.82, 2.24) is 57.9 Å². The molecule has 9 heterocycles. The van der Waals surface area contributed by atoms with Crippen LogP contribution in [0, 0.1) is 17.2 Å². The third-order valence-electron chi connectivity index (χ3n) is 15.8. The standard InChI is InChI=1S/C16H27N6O8P.C13H19N2O8P.C10H14N5O8P.C10H15N2O8P/c17-3-1-5-28-6-2-4-18-14-11-15(20-8-19-14)22(9-21-11)16-13(24)12(23)10(30-16)7-29-31(25,26)27;1-13(2)22-10-7(6-21-24(18,19)20)5-8(11(10)23-13)15-4-3-9(16)14-12(15)17;11-8-5-9(13-3-15(8)18)14(2-12-5)10-7(17)6(16)4(23-10)1-22-24(19,20)21;13-7-1-2-12(10(16)11-7)6-3-5(8(14)9(6)15)4-20-21(17,18)19/h8-10,12-13,16,23-24H,1-7,17H2,(H,18,19,20)(H2,25,26,27);3-4,7-8,10-11H,5-6H2,1-2H3,(H,14,16,17)(H2,18,19,20);2-4,6-7,10-11,16-18H,1H2,(H2,19,20,21);1-2,5-6,8-9,14-15H,3-4H2,(H,11,13,16)(H2,17,18,19)/t10-,12-,13-,16-;7-,8-,10-,11?;4-,6-,7-,10-;5-,6-,8-,9?/m1111/s1. The average molecular weight is 1510 g/mol. The molecule has 6 aromatic heterocycles. The summed E-state index contributed by atoms with van der Waals surface area (Å²) in [6.45, 7) is 3.90. The van der Waals surface area contributed by atoms with Crippen LogP contribution in [0.2, 0.25) is 0 Å². The molecule has 2 aliphatic carbocycles. The molecule has 0 radical (unpaired) electrons. The smallest absolute Gasteiger partial charge is 0.425 e. The summed E-state index contributed by atoms with van der Waals surface area (Å²) < 4.78 is 94.4. The number of imidazole rings is 2. The first-order valence-electron chi connectivity index (χ1n) is 29.8. The first-order chi connectivity index (χ1) is 46.7. The Morgan fingerprint density at radius 1 is 0.590 bits per heavy atom. The van der Waals surface area contributed by atoms with Crippen LogP contribution in [-0.2, 0) is 60.0 Å². The highest BCUT2D eigenvalue weighted by atomic mass is 31.2. The Hall–Kier alpha value is -6.18. The number of nitrogens with two attached hydrogens (primary N) is 1. The lowest BCUT2D eigenvalue weighted by molar-refractivity contribution is -0.161. The second-order valence-electron chi connectivity index (χ2n) is 23.3. The van der Waals surface area contributed by atoms with Gasteiger partial charge in [-0.1, -0.05) is 0 Å². The molecule has 2 saturated carbocycles. The van der Waals surface area contributed by atoms with Gasteiger partial charge in [-0.15, -0.1) is 0 Å². The van der Waals surface area contributed by atoms with Crippen molar-refractivity contribution in [2.24, 2.45) is 17.6 Å². The number of ether oxygens (including phenoxy) is 5. The van der Waals surface area contributed by atoms with Crippen LogP contribution in [0.15, 0.2) is 69.0 Å². The zero-order valence-corrected chi connectivity index (χ0v) is 55.9. The molecule has 3 saturated heterocycles. The minimum absolute atomic E-state index is 0.0280. The predicted molar refractivity (Wildman–Crippen MR) is 328 cm³/mol. The molecular formula is C49H75N15O32P4. The number of aliphatic hydroxyl groups excluding tert-OH is 6. The summed E-state index contributed by atoms with van der Waals surface area (Å²) in [7, 11) is -18.8. The number of aromatic nitrogens is 12. The van der Waals surface area contributed by atoms with Crippen LogP contribution >= 0.6 is 31.3 Å². The topological polar surface area (TPSA) is 706 Å². The molecule has 51 heteroatoms. The largest absolute Gasteiger partial charge is 0.469 e. The molecule has 100 heavy (non-hydrogen) atoms. The number of hydrogen-bond donors (Lipinski definition) is 20. The normalized spacial score (nSPS) is 28.1. The van der Waals surface area contributed by atoms with Crippen LogP contribution in [0.4, 0.5) is 5.82 Å². The Labute approximate surface area is 559 Å². The van der Waals surface area contributed by atoms with Crippen LogP contribution in [-0.4, -0.2) is 252 Å². The van der Waals surface area contributed by atoms with E-state index in [-0.39, 0.29) is 35.6 Å². The summed E-state index contributed by atoms with van der Waals surface area (Å²) in [6, 6.07) is 1.07. The zero-order valence-electron chi connectivity index (χ0n) is 52.3. The van der Waals surface area contributed by atoms with Gasteiger partial charge in [0.15, 0.2) is 51.9 Å². The quantitative estimate of drug-likeness (QED) is 0.0152. The van der Waals surface area contributed by atoms with Gasteiger partial charge in [0.1, 0.15) is 61.5 Å². The molecule has 0 aromatic carbocycles. The third kappa shape index (κ3) is 20.6. The van der Waals surface area contributed by atoms with E-state index >= 15 is 0 Å². The number of nitrogens with one attached hydrogen (secondary N) is 4. The van der Waals surface area contributed by atoms with Gasteiger partial charge in [0.05, 0.1) is 63.4 Å². The molecule has 6 aromatic rings. The van der Waals surface area contributed by atoms with E-state index in [9.17, 15) is 73.3 Å². The van der Waals surface area contributed by atoms with Crippen LogP contribution in [0.3, 0.4) is 0 Å². The molecular weight excluding hydrogens is 1430 g/mol. The third-order valence-corrected chi connectivity index (χ3v) is 17.8. The van der Waals surface area contributed by atoms with Gasteiger partial charge in [-0.2, -0.15) is 4.73 Å². The monoisotopic (exact) mass is 1510 g/mol. The van der Waals surface area contributed by atoms with E-state index in [4.69, 9.17) is 74.0 Å². The first-order valence-corrected chi connectivity index (χ1v) is 35.9. The number of rotatable bonds is 24. The minimum Gasteiger partial charge on any atom is -0.425 e. The summed E-state index contributed by atoms with van der Waals surface area (Å²) in [5.41, 5.74) is 3.59. The molecule has 0 bridgehead atoms. The van der Waals surface area contributed by atoms with Gasteiger partial charge in [0, 0.05) is 56.1 Å². The van der Waals surface area contributed by atoms with Gasteiger partial charge in [0.2, 0.25) is 0 Å². The van der Waals surface area contributed by atoms with Crippen LogP contribution in [0.25, 0.3) is 22.3 Å². The van der Waals surface area contributed by atoms with Crippen LogP contribution in [0.1, 0.15) is 64.1 Å². The van der Waals surface area contributed by atoms with Crippen molar-refractivity contribution in [3.63, 3.8) is 0 Å². The number of anilines is 1. The first kappa shape index (κ1) is 79.5. The minimum atomic E-state index is -4.76. The van der Waals surface area contributed by atoms with Crippen LogP contribution in [0.5, 0.6) is 0 Å². The Morgan fingerprint density at radius 3 is 1.58 bits per heavy atom. The maximum atomic E-state index is 12.1. The Bertz CT molecular complexity index is 4260. The SMILES string of the molecule is CC1(C)OC2[C@H](n3ccc(=O)[nH]c3=O)C[C@H](COP(=O)(O)O)[C@H]2O1.N=c1c2ncn([C@@H]3O[C@H](COP(=O)(O)O)[C@@H](O)[C@H]3O)c2ncn1O.NCCCOCCCNc1ncnc2c1ncn2[C@@H]1O[C@H](COP(=O)(O)O)[C@@H](O)[C@H]1O.O=c1ccn([C@@H]2C[C@H](COP(=O)(O)O)[C@@H](O)C2O)c(=O)[nH]1. The summed E-state index contributed by atoms with van der Waals surface area (Å²) in [6.07, 6.45) is -4.52. The molecule has 5 fully saturated rings. The fourth-order valence-electron chi connectivity index (χ4n) is 11.3. The lowest BCUT2D eigenvalue weighted by atomic mass is 10.1. The van der Waals surface area contributed by atoms with E-state index in [1.54, 1.807) is 13.8 Å². The van der Waals surface area contributed by atoms with E-state index in [0.29, 0.717) is 54.4 Å². The lowest BCUT2D eigenvalue weighted by Gasteiger charge is -2.24. The second-order valence-corrected chi connectivity index (χ2v) is 28.2. The Kier molecular flexibility index (Phi) is 26.3. The predicted octanol–water partition coefficient (Wildman–Crippen LogP) is -5.94. The van der Waals surface area contributed by atoms with Crippen molar-refractivity contribution in [1.29, 1.82) is 5.41 Å². The van der Waals surface area contributed by atoms with Gasteiger partial charge in [-0.25, -0.2) is 52.8 Å². The molecule has 16 atom stereocenters. The number of hydrogen-bond acceptors (Lipinski definition) is 32. The summed E-state index contributed by atoms with van der Waals surface area (Å²) in [4.78, 5) is 141. The van der Waals surface area contributed by atoms with Crippen molar-refractivity contribution >= 4 is 59.4 Å². The van der Waals surface area contributed by atoms with E-state index < -0.39 is 171 Å². The van der Waals surface area contributed by atoms with E-state index in [1.165, 1.54) is 51.1 Å².